The molecule has 1 aliphatic rings. The summed E-state index contributed by atoms with van der Waals surface area (Å²) in [6.45, 7) is 8.22. The fourth-order valence-electron chi connectivity index (χ4n) is 2.56. The lowest BCUT2D eigenvalue weighted by atomic mass is 10.0. The summed E-state index contributed by atoms with van der Waals surface area (Å²) in [6, 6.07) is 7.60. The van der Waals surface area contributed by atoms with Gasteiger partial charge in [-0.15, -0.1) is 0 Å². The van der Waals surface area contributed by atoms with Gasteiger partial charge in [0, 0.05) is 31.2 Å². The monoisotopic (exact) mass is 318 g/mol. The van der Waals surface area contributed by atoms with Crippen LogP contribution in [0.25, 0.3) is 6.08 Å². The molecule has 1 fully saturated rings. The van der Waals surface area contributed by atoms with Crippen LogP contribution in [-0.2, 0) is 9.53 Å². The van der Waals surface area contributed by atoms with Crippen molar-refractivity contribution in [2.24, 2.45) is 0 Å². The quantitative estimate of drug-likeness (QED) is 0.815. The van der Waals surface area contributed by atoms with Crippen molar-refractivity contribution >= 4 is 12.0 Å². The van der Waals surface area contributed by atoms with Crippen LogP contribution in [0.3, 0.4) is 0 Å². The van der Waals surface area contributed by atoms with Gasteiger partial charge in [0.1, 0.15) is 5.75 Å². The number of carbonyl (C=O) groups is 1. The lowest BCUT2D eigenvalue weighted by molar-refractivity contribution is -0.117. The Bertz CT molecular complexity index is 549. The van der Waals surface area contributed by atoms with E-state index in [-0.39, 0.29) is 11.4 Å². The molecule has 0 unspecified atom stereocenters. The molecular formula is C18H26N2O3. The highest BCUT2D eigenvalue weighted by atomic mass is 16.5. The van der Waals surface area contributed by atoms with Gasteiger partial charge in [0.2, 0.25) is 5.91 Å². The molecule has 1 aliphatic heterocycles. The second-order valence-electron chi connectivity index (χ2n) is 6.24. The summed E-state index contributed by atoms with van der Waals surface area (Å²) in [5.41, 5.74) is 0.857. The Morgan fingerprint density at radius 2 is 2.13 bits per heavy atom. The van der Waals surface area contributed by atoms with E-state index < -0.39 is 0 Å². The van der Waals surface area contributed by atoms with Crippen LogP contribution in [-0.4, -0.2) is 56.3 Å². The van der Waals surface area contributed by atoms with Crippen LogP contribution in [0.5, 0.6) is 5.75 Å². The molecule has 1 heterocycles. The van der Waals surface area contributed by atoms with Crippen molar-refractivity contribution in [2.45, 2.75) is 19.4 Å². The van der Waals surface area contributed by atoms with Gasteiger partial charge in [0.25, 0.3) is 0 Å². The number of ether oxygens (including phenoxy) is 2. The van der Waals surface area contributed by atoms with Crippen molar-refractivity contribution in [1.29, 1.82) is 0 Å². The number of nitrogens with zero attached hydrogens (tertiary/aromatic N) is 1. The molecule has 5 nitrogen and oxygen atoms in total. The number of amides is 1. The van der Waals surface area contributed by atoms with Gasteiger partial charge >= 0.3 is 0 Å². The van der Waals surface area contributed by atoms with Crippen LogP contribution in [0.2, 0.25) is 0 Å². The minimum absolute atomic E-state index is 0.0801. The van der Waals surface area contributed by atoms with Crippen LogP contribution in [0, 0.1) is 0 Å². The molecule has 0 atom stereocenters. The molecule has 0 radical (unpaired) electrons. The van der Waals surface area contributed by atoms with Gasteiger partial charge in [-0.25, -0.2) is 0 Å². The summed E-state index contributed by atoms with van der Waals surface area (Å²) in [5, 5.41) is 2.98. The van der Waals surface area contributed by atoms with E-state index in [0.29, 0.717) is 6.54 Å². The van der Waals surface area contributed by atoms with Crippen LogP contribution in [0.4, 0.5) is 0 Å². The van der Waals surface area contributed by atoms with Crippen molar-refractivity contribution in [3.05, 3.63) is 35.9 Å². The maximum atomic E-state index is 12.0. The van der Waals surface area contributed by atoms with Crippen LogP contribution < -0.4 is 10.1 Å². The fraction of sp³-hybridized carbons (Fsp3) is 0.500. The molecule has 1 saturated heterocycles. The summed E-state index contributed by atoms with van der Waals surface area (Å²) >= 11 is 0. The Hall–Kier alpha value is -1.85. The summed E-state index contributed by atoms with van der Waals surface area (Å²) < 4.78 is 10.5. The second-order valence-corrected chi connectivity index (χ2v) is 6.24. The molecule has 0 spiro atoms. The van der Waals surface area contributed by atoms with E-state index in [2.05, 4.69) is 24.1 Å². The zero-order valence-electron chi connectivity index (χ0n) is 14.2. The number of hydrogen-bond donors (Lipinski definition) is 1. The number of morpholine rings is 1. The number of methoxy groups -OCH3 is 1. The zero-order valence-corrected chi connectivity index (χ0v) is 14.2. The maximum absolute atomic E-state index is 12.0. The normalized spacial score (nSPS) is 16.5. The largest absolute Gasteiger partial charge is 0.497 e. The molecule has 2 rings (SSSR count). The first kappa shape index (κ1) is 17.5. The van der Waals surface area contributed by atoms with E-state index in [1.165, 1.54) is 0 Å². The summed E-state index contributed by atoms with van der Waals surface area (Å²) in [5.74, 6) is 0.690. The number of carbonyl (C=O) groups excluding carboxylic acids is 1. The average Bonchev–Trinajstić information content (AvgIpc) is 2.59. The molecule has 1 aromatic rings. The van der Waals surface area contributed by atoms with Crippen LogP contribution in [0.1, 0.15) is 19.4 Å². The van der Waals surface area contributed by atoms with Crippen molar-refractivity contribution in [3.63, 3.8) is 0 Å². The van der Waals surface area contributed by atoms with E-state index in [1.54, 1.807) is 19.3 Å². The first-order chi connectivity index (χ1) is 11.0. The van der Waals surface area contributed by atoms with Crippen LogP contribution >= 0.6 is 0 Å². The van der Waals surface area contributed by atoms with Crippen molar-refractivity contribution in [3.8, 4) is 5.75 Å². The van der Waals surface area contributed by atoms with E-state index >= 15 is 0 Å². The summed E-state index contributed by atoms with van der Waals surface area (Å²) in [7, 11) is 1.63. The van der Waals surface area contributed by atoms with Gasteiger partial charge in [-0.2, -0.15) is 0 Å². The smallest absolute Gasteiger partial charge is 0.244 e. The van der Waals surface area contributed by atoms with Gasteiger partial charge in [0.05, 0.1) is 20.3 Å². The first-order valence-electron chi connectivity index (χ1n) is 7.94. The van der Waals surface area contributed by atoms with Gasteiger partial charge in [-0.3, -0.25) is 9.69 Å². The number of benzene rings is 1. The van der Waals surface area contributed by atoms with E-state index in [9.17, 15) is 4.79 Å². The third-order valence-corrected chi connectivity index (χ3v) is 4.08. The molecule has 0 bridgehead atoms. The third kappa shape index (κ3) is 5.37. The van der Waals surface area contributed by atoms with Crippen molar-refractivity contribution < 1.29 is 14.3 Å². The first-order valence-corrected chi connectivity index (χ1v) is 7.94. The van der Waals surface area contributed by atoms with Crippen molar-refractivity contribution in [1.82, 2.24) is 10.2 Å². The molecule has 5 heteroatoms. The fourth-order valence-corrected chi connectivity index (χ4v) is 2.56. The standard InChI is InChI=1S/C18H26N2O3/c1-18(2,20-9-11-23-12-10-20)14-19-17(21)8-7-15-5-4-6-16(13-15)22-3/h4-8,13H,9-12,14H2,1-3H3,(H,19,21)/b8-7+. The average molecular weight is 318 g/mol. The Morgan fingerprint density at radius 1 is 1.39 bits per heavy atom. The molecular weight excluding hydrogens is 292 g/mol. The van der Waals surface area contributed by atoms with E-state index in [0.717, 1.165) is 37.6 Å². The minimum atomic E-state index is -0.0887. The zero-order chi connectivity index (χ0) is 16.7. The maximum Gasteiger partial charge on any atom is 0.244 e. The number of nitrogens with one attached hydrogen (secondary N) is 1. The van der Waals surface area contributed by atoms with Crippen molar-refractivity contribution in [2.75, 3.05) is 40.0 Å². The van der Waals surface area contributed by atoms with E-state index in [1.807, 2.05) is 24.3 Å². The SMILES string of the molecule is COc1cccc(/C=C/C(=O)NCC(C)(C)N2CCOCC2)c1. The minimum Gasteiger partial charge on any atom is -0.497 e. The molecule has 0 aliphatic carbocycles. The Labute approximate surface area is 138 Å². The Kier molecular flexibility index (Phi) is 6.19. The van der Waals surface area contributed by atoms with Crippen LogP contribution in [0.15, 0.2) is 30.3 Å². The topological polar surface area (TPSA) is 50.8 Å². The predicted molar refractivity (Wildman–Crippen MR) is 91.5 cm³/mol. The highest BCUT2D eigenvalue weighted by Crippen LogP contribution is 2.15. The lowest BCUT2D eigenvalue weighted by Crippen LogP contribution is -2.55. The molecule has 1 amide bonds. The third-order valence-electron chi connectivity index (χ3n) is 4.08. The van der Waals surface area contributed by atoms with Gasteiger partial charge in [-0.1, -0.05) is 12.1 Å². The van der Waals surface area contributed by atoms with Gasteiger partial charge < -0.3 is 14.8 Å². The predicted octanol–water partition coefficient (Wildman–Crippen LogP) is 1.94. The Balaban J connectivity index is 1.85. The number of rotatable bonds is 6. The second kappa shape index (κ2) is 8.13. The highest BCUT2D eigenvalue weighted by molar-refractivity contribution is 5.91. The summed E-state index contributed by atoms with van der Waals surface area (Å²) in [4.78, 5) is 14.4. The summed E-state index contributed by atoms with van der Waals surface area (Å²) in [6.07, 6.45) is 3.35. The van der Waals surface area contributed by atoms with Gasteiger partial charge in [0.15, 0.2) is 0 Å². The van der Waals surface area contributed by atoms with Gasteiger partial charge in [-0.05, 0) is 37.6 Å². The highest BCUT2D eigenvalue weighted by Gasteiger charge is 2.28. The molecule has 1 aromatic carbocycles. The molecule has 23 heavy (non-hydrogen) atoms. The molecule has 126 valence electrons. The molecule has 0 saturated carbocycles. The van der Waals surface area contributed by atoms with E-state index in [4.69, 9.17) is 9.47 Å². The molecule has 0 aromatic heterocycles. The Morgan fingerprint density at radius 3 is 2.83 bits per heavy atom. The number of hydrogen-bond acceptors (Lipinski definition) is 4. The lowest BCUT2D eigenvalue weighted by Gasteiger charge is -2.40. The molecule has 1 N–H and O–H groups in total.